The minimum atomic E-state index is -1.23. The van der Waals surface area contributed by atoms with Gasteiger partial charge in [-0.05, 0) is 33.8 Å². The summed E-state index contributed by atoms with van der Waals surface area (Å²) >= 11 is 0. The van der Waals surface area contributed by atoms with Crippen molar-refractivity contribution in [2.45, 2.75) is 38.9 Å². The van der Waals surface area contributed by atoms with Gasteiger partial charge in [0.1, 0.15) is 0 Å². The molecule has 5 rings (SSSR count). The molecule has 0 aliphatic heterocycles. The molecule has 38 heavy (non-hydrogen) atoms. The van der Waals surface area contributed by atoms with Gasteiger partial charge in [0.05, 0.1) is 8.07 Å². The Hall–Kier alpha value is -3.17. The Kier molecular flexibility index (Phi) is 10.1. The molecule has 0 spiro atoms. The largest absolute Gasteiger partial charge is 0.305 e. The third-order valence-electron chi connectivity index (χ3n) is 6.58. The quantitative estimate of drug-likeness (QED) is 0.138. The first-order chi connectivity index (χ1) is 17.7. The van der Waals surface area contributed by atoms with Gasteiger partial charge in [0.25, 0.3) is 0 Å². The summed E-state index contributed by atoms with van der Waals surface area (Å²) < 4.78 is 0. The molecule has 4 heteroatoms. The van der Waals surface area contributed by atoms with Gasteiger partial charge >= 0.3 is 0 Å². The predicted octanol–water partition coefficient (Wildman–Crippen LogP) is 7.97. The van der Waals surface area contributed by atoms with E-state index in [0.29, 0.717) is 0 Å². The van der Waals surface area contributed by atoms with E-state index in [9.17, 15) is 0 Å². The molecule has 195 valence electrons. The van der Waals surface area contributed by atoms with E-state index in [4.69, 9.17) is 0 Å². The minimum absolute atomic E-state index is 0. The number of nitrogens with zero attached hydrogens (tertiary/aromatic N) is 2. The van der Waals surface area contributed by atoms with Gasteiger partial charge in [0.2, 0.25) is 0 Å². The smallest absolute Gasteiger partial charge is 0.0795 e. The number of hydrogen-bond acceptors (Lipinski definition) is 2. The zero-order valence-corrected chi connectivity index (χ0v) is 26.1. The second-order valence-electron chi connectivity index (χ2n) is 10.7. The zero-order chi connectivity index (χ0) is 26.3. The first kappa shape index (κ1) is 29.4. The molecule has 0 aliphatic rings. The van der Waals surface area contributed by atoms with Crippen LogP contribution < -0.4 is 5.19 Å². The minimum Gasteiger partial charge on any atom is -0.305 e. The topological polar surface area (TPSA) is 25.8 Å². The molecule has 0 N–H and O–H groups in total. The first-order valence-electron chi connectivity index (χ1n) is 12.7. The van der Waals surface area contributed by atoms with Crippen molar-refractivity contribution >= 4 is 13.3 Å². The van der Waals surface area contributed by atoms with Crippen LogP contribution in [-0.2, 0) is 25.5 Å². The average Bonchev–Trinajstić information content (AvgIpc) is 2.94. The molecule has 5 aromatic rings. The van der Waals surface area contributed by atoms with Crippen LogP contribution >= 0.6 is 0 Å². The second-order valence-corrected chi connectivity index (χ2v) is 15.7. The molecule has 2 aromatic heterocycles. The van der Waals surface area contributed by atoms with Crippen molar-refractivity contribution in [1.29, 1.82) is 0 Å². The number of pyridine rings is 2. The molecule has 1 radical (unpaired) electrons. The summed E-state index contributed by atoms with van der Waals surface area (Å²) in [5.74, 6) is 0. The maximum atomic E-state index is 4.52. The predicted molar refractivity (Wildman–Crippen MR) is 159 cm³/mol. The van der Waals surface area contributed by atoms with E-state index >= 15 is 0 Å². The van der Waals surface area contributed by atoms with E-state index in [0.717, 1.165) is 22.5 Å². The molecule has 0 amide bonds. The molecule has 0 saturated carbocycles. The summed E-state index contributed by atoms with van der Waals surface area (Å²) in [5.41, 5.74) is 6.58. The van der Waals surface area contributed by atoms with Crippen molar-refractivity contribution in [2.75, 3.05) is 0 Å². The molecule has 0 unspecified atom stereocenters. The first-order valence-corrected chi connectivity index (χ1v) is 16.2. The van der Waals surface area contributed by atoms with Crippen LogP contribution in [0.3, 0.4) is 0 Å². The van der Waals surface area contributed by atoms with Crippen LogP contribution in [0.5, 0.6) is 0 Å². The monoisotopic (exact) mass is 691 g/mol. The van der Waals surface area contributed by atoms with Crippen LogP contribution in [0.15, 0.2) is 116 Å². The molecule has 2 nitrogen and oxygen atoms in total. The average molecular weight is 691 g/mol. The Labute approximate surface area is 242 Å². The van der Waals surface area contributed by atoms with Crippen molar-refractivity contribution in [3.05, 3.63) is 139 Å². The van der Waals surface area contributed by atoms with E-state index in [1.807, 2.05) is 60.9 Å². The number of benzene rings is 3. The molecular weight excluding hydrogens is 657 g/mol. The van der Waals surface area contributed by atoms with Gasteiger partial charge in [-0.1, -0.05) is 82.0 Å². The third-order valence-corrected chi connectivity index (χ3v) is 8.60. The van der Waals surface area contributed by atoms with E-state index in [2.05, 4.69) is 110 Å². The maximum absolute atomic E-state index is 4.52. The van der Waals surface area contributed by atoms with Crippen molar-refractivity contribution < 1.29 is 20.1 Å². The Morgan fingerprint density at radius 3 is 1.76 bits per heavy atom. The summed E-state index contributed by atoms with van der Waals surface area (Å²) in [6.45, 7) is 11.5. The van der Waals surface area contributed by atoms with Gasteiger partial charge in [-0.25, -0.2) is 0 Å². The summed E-state index contributed by atoms with van der Waals surface area (Å²) in [5, 5.41) is 1.40. The van der Waals surface area contributed by atoms with E-state index in [1.165, 1.54) is 16.3 Å². The Balaban J connectivity index is 0.000000213. The van der Waals surface area contributed by atoms with Crippen LogP contribution in [0.1, 0.15) is 25.0 Å². The molecule has 0 aliphatic carbocycles. The molecular formula is C34H34IrN2Si-2. The SMILES string of the molecule is CC(C)(c1ccccc1)c1ccnc(-c2[c-]cccc2)c1.C[Si](C)(C)c1ccc(-c2[c-]cccc2)nc1.[Ir]. The fraction of sp³-hybridized carbons (Fsp3) is 0.176. The van der Waals surface area contributed by atoms with Crippen molar-refractivity contribution in [1.82, 2.24) is 9.97 Å². The van der Waals surface area contributed by atoms with E-state index < -0.39 is 8.07 Å². The standard InChI is InChI=1S/C20H18N.C14H16NSi.Ir/c1-20(2,17-11-7-4-8-12-17)18-13-14-21-19(15-18)16-9-5-3-6-10-16;1-16(2,3)13-9-10-14(15-11-13)12-7-5-4-6-8-12;/h3-9,11-15H,1-2H3;4-7,9-11H,1-3H3;/q2*-1;. The maximum Gasteiger partial charge on any atom is 0.0795 e. The van der Waals surface area contributed by atoms with Gasteiger partial charge in [0.15, 0.2) is 0 Å². The van der Waals surface area contributed by atoms with Gasteiger partial charge < -0.3 is 9.97 Å². The van der Waals surface area contributed by atoms with Gasteiger partial charge in [-0.2, -0.15) is 0 Å². The van der Waals surface area contributed by atoms with Gasteiger partial charge in [0, 0.05) is 37.9 Å². The summed E-state index contributed by atoms with van der Waals surface area (Å²) in [6.07, 6.45) is 3.90. The number of rotatable bonds is 5. The zero-order valence-electron chi connectivity index (χ0n) is 22.7. The molecule has 2 heterocycles. The summed E-state index contributed by atoms with van der Waals surface area (Å²) in [7, 11) is -1.23. The Morgan fingerprint density at radius 1 is 0.632 bits per heavy atom. The Morgan fingerprint density at radius 2 is 1.24 bits per heavy atom. The molecule has 0 fully saturated rings. The van der Waals surface area contributed by atoms with Crippen LogP contribution in [0, 0.1) is 12.1 Å². The van der Waals surface area contributed by atoms with Gasteiger partial charge in [-0.15, -0.1) is 71.8 Å². The normalized spacial score (nSPS) is 11.1. The van der Waals surface area contributed by atoms with Crippen molar-refractivity contribution in [3.63, 3.8) is 0 Å². The van der Waals surface area contributed by atoms with Crippen LogP contribution in [0.25, 0.3) is 22.5 Å². The fourth-order valence-corrected chi connectivity index (χ4v) is 5.13. The van der Waals surface area contributed by atoms with E-state index in [1.54, 1.807) is 0 Å². The van der Waals surface area contributed by atoms with Crippen LogP contribution in [0.4, 0.5) is 0 Å². The Bertz CT molecular complexity index is 1400. The molecule has 3 aromatic carbocycles. The fourth-order valence-electron chi connectivity index (χ4n) is 4.09. The summed E-state index contributed by atoms with van der Waals surface area (Å²) in [4.78, 5) is 9.00. The number of hydrogen-bond donors (Lipinski definition) is 0. The van der Waals surface area contributed by atoms with E-state index in [-0.39, 0.29) is 25.5 Å². The molecule has 0 bridgehead atoms. The molecule has 0 atom stereocenters. The molecule has 0 saturated heterocycles. The third kappa shape index (κ3) is 7.45. The van der Waals surface area contributed by atoms with Crippen molar-refractivity contribution in [3.8, 4) is 22.5 Å². The van der Waals surface area contributed by atoms with Crippen LogP contribution in [0.2, 0.25) is 19.6 Å². The van der Waals surface area contributed by atoms with Gasteiger partial charge in [-0.3, -0.25) is 0 Å². The van der Waals surface area contributed by atoms with Crippen LogP contribution in [-0.4, -0.2) is 18.0 Å². The van der Waals surface area contributed by atoms with Crippen molar-refractivity contribution in [2.24, 2.45) is 0 Å². The number of aromatic nitrogens is 2. The summed E-state index contributed by atoms with van der Waals surface area (Å²) in [6, 6.07) is 41.5. The second kappa shape index (κ2) is 13.1.